The third-order valence-electron chi connectivity index (χ3n) is 4.79. The maximum atomic E-state index is 12.6. The standard InChI is InChI=1S/C18H21N5O/c1-22-15-4-2-3-5-16(15)23(18(22)24)14-8-9-17(20-11-14)21-13-7-6-12(19)10-13/h2-5,8-9,11-13H,6-7,10,19H2,1H3,(H,20,21)/t12-,13-/m0/s1. The molecule has 0 unspecified atom stereocenters. The highest BCUT2D eigenvalue weighted by Gasteiger charge is 2.21. The average Bonchev–Trinajstić information content (AvgIpc) is 3.11. The average molecular weight is 323 g/mol. The summed E-state index contributed by atoms with van der Waals surface area (Å²) < 4.78 is 3.35. The summed E-state index contributed by atoms with van der Waals surface area (Å²) >= 11 is 0. The van der Waals surface area contributed by atoms with Crippen LogP contribution in [0.25, 0.3) is 16.7 Å². The fourth-order valence-corrected chi connectivity index (χ4v) is 3.50. The van der Waals surface area contributed by atoms with Crippen molar-refractivity contribution in [3.63, 3.8) is 0 Å². The number of aryl methyl sites for hydroxylation is 1. The second-order valence-electron chi connectivity index (χ2n) is 6.48. The van der Waals surface area contributed by atoms with Gasteiger partial charge in [-0.1, -0.05) is 12.1 Å². The molecule has 0 radical (unpaired) electrons. The first kappa shape index (κ1) is 15.0. The van der Waals surface area contributed by atoms with Gasteiger partial charge in [0.1, 0.15) is 5.82 Å². The Hall–Kier alpha value is -2.60. The first-order valence-electron chi connectivity index (χ1n) is 8.28. The van der Waals surface area contributed by atoms with Gasteiger partial charge in [0.15, 0.2) is 0 Å². The summed E-state index contributed by atoms with van der Waals surface area (Å²) in [5.74, 6) is 0.825. The third-order valence-corrected chi connectivity index (χ3v) is 4.79. The van der Waals surface area contributed by atoms with E-state index in [1.54, 1.807) is 22.4 Å². The van der Waals surface area contributed by atoms with E-state index in [-0.39, 0.29) is 11.7 Å². The molecule has 0 aliphatic heterocycles. The first-order chi connectivity index (χ1) is 11.6. The number of aromatic nitrogens is 3. The zero-order chi connectivity index (χ0) is 16.7. The highest BCUT2D eigenvalue weighted by Crippen LogP contribution is 2.22. The lowest BCUT2D eigenvalue weighted by atomic mass is 10.2. The van der Waals surface area contributed by atoms with Gasteiger partial charge in [0.05, 0.1) is 22.9 Å². The molecule has 4 rings (SSSR count). The largest absolute Gasteiger partial charge is 0.367 e. The maximum absolute atomic E-state index is 12.6. The molecule has 3 aromatic rings. The Kier molecular flexibility index (Phi) is 3.61. The summed E-state index contributed by atoms with van der Waals surface area (Å²) in [6.45, 7) is 0. The normalized spacial score (nSPS) is 20.6. The lowest BCUT2D eigenvalue weighted by molar-refractivity contribution is 0.686. The van der Waals surface area contributed by atoms with Crippen molar-refractivity contribution in [3.05, 3.63) is 53.1 Å². The van der Waals surface area contributed by atoms with Gasteiger partial charge in [0.2, 0.25) is 0 Å². The van der Waals surface area contributed by atoms with Gasteiger partial charge in [0.25, 0.3) is 0 Å². The van der Waals surface area contributed by atoms with Crippen molar-refractivity contribution in [2.45, 2.75) is 31.3 Å². The van der Waals surface area contributed by atoms with E-state index in [2.05, 4.69) is 10.3 Å². The number of rotatable bonds is 3. The van der Waals surface area contributed by atoms with E-state index in [4.69, 9.17) is 5.73 Å². The molecule has 3 N–H and O–H groups in total. The number of benzene rings is 1. The molecule has 1 saturated carbocycles. The predicted octanol–water partition coefficient (Wildman–Crippen LogP) is 2.02. The predicted molar refractivity (Wildman–Crippen MR) is 95.5 cm³/mol. The quantitative estimate of drug-likeness (QED) is 0.773. The lowest BCUT2D eigenvalue weighted by Gasteiger charge is -2.13. The van der Waals surface area contributed by atoms with Crippen molar-refractivity contribution in [2.75, 3.05) is 5.32 Å². The fourth-order valence-electron chi connectivity index (χ4n) is 3.50. The molecule has 0 amide bonds. The number of para-hydroxylation sites is 2. The summed E-state index contributed by atoms with van der Waals surface area (Å²) in [7, 11) is 1.79. The molecular formula is C18H21N5O. The molecule has 0 spiro atoms. The highest BCUT2D eigenvalue weighted by molar-refractivity contribution is 5.78. The minimum atomic E-state index is -0.0690. The van der Waals surface area contributed by atoms with Crippen molar-refractivity contribution in [3.8, 4) is 5.69 Å². The number of fused-ring (bicyclic) bond motifs is 1. The van der Waals surface area contributed by atoms with Gasteiger partial charge in [-0.05, 0) is 43.5 Å². The molecular weight excluding hydrogens is 302 g/mol. The number of hydrogen-bond donors (Lipinski definition) is 2. The number of imidazole rings is 1. The van der Waals surface area contributed by atoms with E-state index in [1.165, 1.54) is 0 Å². The molecule has 24 heavy (non-hydrogen) atoms. The molecule has 1 fully saturated rings. The molecule has 2 atom stereocenters. The monoisotopic (exact) mass is 323 g/mol. The Morgan fingerprint density at radius 2 is 1.96 bits per heavy atom. The SMILES string of the molecule is Cn1c(=O)n(-c2ccc(N[C@H]3CC[C@H](N)C3)nc2)c2ccccc21. The summed E-state index contributed by atoms with van der Waals surface area (Å²) in [5, 5.41) is 3.42. The van der Waals surface area contributed by atoms with E-state index in [1.807, 2.05) is 36.4 Å². The van der Waals surface area contributed by atoms with Crippen LogP contribution in [0.3, 0.4) is 0 Å². The van der Waals surface area contributed by atoms with Crippen LogP contribution in [0, 0.1) is 0 Å². The topological polar surface area (TPSA) is 77.9 Å². The van der Waals surface area contributed by atoms with Crippen molar-refractivity contribution in [1.82, 2.24) is 14.1 Å². The molecule has 1 aliphatic carbocycles. The van der Waals surface area contributed by atoms with Gasteiger partial charge in [0, 0.05) is 19.1 Å². The van der Waals surface area contributed by atoms with Crippen LogP contribution in [0.2, 0.25) is 0 Å². The van der Waals surface area contributed by atoms with Gasteiger partial charge in [-0.25, -0.2) is 9.78 Å². The molecule has 1 aromatic carbocycles. The fraction of sp³-hybridized carbons (Fsp3) is 0.333. The summed E-state index contributed by atoms with van der Waals surface area (Å²) in [5.41, 5.74) is 8.44. The van der Waals surface area contributed by atoms with Crippen LogP contribution >= 0.6 is 0 Å². The number of nitrogens with one attached hydrogen (secondary N) is 1. The smallest absolute Gasteiger partial charge is 0.333 e. The Morgan fingerprint density at radius 1 is 1.17 bits per heavy atom. The summed E-state index contributed by atoms with van der Waals surface area (Å²) in [6, 6.07) is 12.3. The third kappa shape index (κ3) is 2.49. The van der Waals surface area contributed by atoms with Crippen LogP contribution in [0.5, 0.6) is 0 Å². The Labute approximate surface area is 139 Å². The Morgan fingerprint density at radius 3 is 2.62 bits per heavy atom. The van der Waals surface area contributed by atoms with Crippen molar-refractivity contribution in [1.29, 1.82) is 0 Å². The van der Waals surface area contributed by atoms with E-state index >= 15 is 0 Å². The minimum absolute atomic E-state index is 0.0690. The van der Waals surface area contributed by atoms with E-state index in [0.29, 0.717) is 6.04 Å². The van der Waals surface area contributed by atoms with Crippen LogP contribution in [-0.2, 0) is 7.05 Å². The Bertz CT molecular complexity index is 925. The summed E-state index contributed by atoms with van der Waals surface area (Å²) in [4.78, 5) is 17.0. The second kappa shape index (κ2) is 5.79. The number of nitrogens with two attached hydrogens (primary N) is 1. The van der Waals surface area contributed by atoms with E-state index < -0.39 is 0 Å². The van der Waals surface area contributed by atoms with E-state index in [0.717, 1.165) is 41.8 Å². The van der Waals surface area contributed by atoms with Gasteiger partial charge in [-0.15, -0.1) is 0 Å². The highest BCUT2D eigenvalue weighted by atomic mass is 16.1. The van der Waals surface area contributed by atoms with Crippen LogP contribution in [0.4, 0.5) is 5.82 Å². The second-order valence-corrected chi connectivity index (χ2v) is 6.48. The number of nitrogens with zero attached hydrogens (tertiary/aromatic N) is 3. The molecule has 2 heterocycles. The molecule has 2 aromatic heterocycles. The molecule has 0 bridgehead atoms. The zero-order valence-electron chi connectivity index (χ0n) is 13.6. The molecule has 1 aliphatic rings. The van der Waals surface area contributed by atoms with Crippen molar-refractivity contribution in [2.24, 2.45) is 12.8 Å². The van der Waals surface area contributed by atoms with E-state index in [9.17, 15) is 4.79 Å². The van der Waals surface area contributed by atoms with Crippen LogP contribution in [0.1, 0.15) is 19.3 Å². The number of hydrogen-bond acceptors (Lipinski definition) is 4. The molecule has 6 heteroatoms. The number of pyridine rings is 1. The Balaban J connectivity index is 1.66. The van der Waals surface area contributed by atoms with Crippen LogP contribution < -0.4 is 16.7 Å². The van der Waals surface area contributed by atoms with Gasteiger partial charge >= 0.3 is 5.69 Å². The molecule has 0 saturated heterocycles. The van der Waals surface area contributed by atoms with Crippen LogP contribution in [-0.4, -0.2) is 26.2 Å². The molecule has 124 valence electrons. The minimum Gasteiger partial charge on any atom is -0.367 e. The van der Waals surface area contributed by atoms with Gasteiger partial charge < -0.3 is 11.1 Å². The first-order valence-corrected chi connectivity index (χ1v) is 8.28. The van der Waals surface area contributed by atoms with Gasteiger partial charge in [-0.2, -0.15) is 0 Å². The van der Waals surface area contributed by atoms with Gasteiger partial charge in [-0.3, -0.25) is 9.13 Å². The maximum Gasteiger partial charge on any atom is 0.333 e. The molecule has 6 nitrogen and oxygen atoms in total. The summed E-state index contributed by atoms with van der Waals surface area (Å²) in [6.07, 6.45) is 4.85. The zero-order valence-corrected chi connectivity index (χ0v) is 13.6. The van der Waals surface area contributed by atoms with Crippen molar-refractivity contribution >= 4 is 16.9 Å². The number of anilines is 1. The van der Waals surface area contributed by atoms with Crippen molar-refractivity contribution < 1.29 is 0 Å². The lowest BCUT2D eigenvalue weighted by Crippen LogP contribution is -2.22. The van der Waals surface area contributed by atoms with Crippen LogP contribution in [0.15, 0.2) is 47.4 Å².